The Morgan fingerprint density at radius 2 is 2.20 bits per heavy atom. The Kier molecular flexibility index (Phi) is 3.90. The first kappa shape index (κ1) is 12.2. The molecule has 0 bridgehead atoms. The van der Waals surface area contributed by atoms with Crippen LogP contribution >= 0.6 is 0 Å². The van der Waals surface area contributed by atoms with E-state index in [2.05, 4.69) is 10.6 Å². The van der Waals surface area contributed by atoms with E-state index in [1.54, 1.807) is 20.8 Å². The van der Waals surface area contributed by atoms with Crippen LogP contribution in [0.4, 0.5) is 9.18 Å². The van der Waals surface area contributed by atoms with Gasteiger partial charge in [0.05, 0.1) is 6.04 Å². The van der Waals surface area contributed by atoms with Crippen LogP contribution in [0.2, 0.25) is 0 Å². The molecule has 0 unspecified atom stereocenters. The van der Waals surface area contributed by atoms with Crippen molar-refractivity contribution in [3.05, 3.63) is 0 Å². The van der Waals surface area contributed by atoms with Crippen LogP contribution in [-0.2, 0) is 4.74 Å². The highest BCUT2D eigenvalue weighted by atomic mass is 19.1. The molecule has 1 saturated heterocycles. The summed E-state index contributed by atoms with van der Waals surface area (Å²) in [7, 11) is 0. The molecule has 0 radical (unpaired) electrons. The average molecular weight is 218 g/mol. The summed E-state index contributed by atoms with van der Waals surface area (Å²) in [6.07, 6.45) is -0.983. The molecule has 15 heavy (non-hydrogen) atoms. The molecule has 0 aromatic carbocycles. The Hall–Kier alpha value is -0.840. The lowest BCUT2D eigenvalue weighted by Gasteiger charge is -2.28. The SMILES string of the molecule is CC(C)(C)OC(=O)N[C@H]1CCNC[C@@H]1F. The van der Waals surface area contributed by atoms with Gasteiger partial charge in [-0.15, -0.1) is 0 Å². The second-order valence-electron chi connectivity index (χ2n) is 4.76. The van der Waals surface area contributed by atoms with Crippen molar-refractivity contribution in [1.82, 2.24) is 10.6 Å². The molecule has 0 spiro atoms. The van der Waals surface area contributed by atoms with Gasteiger partial charge in [-0.1, -0.05) is 0 Å². The van der Waals surface area contributed by atoms with Crippen LogP contribution < -0.4 is 10.6 Å². The number of nitrogens with one attached hydrogen (secondary N) is 2. The summed E-state index contributed by atoms with van der Waals surface area (Å²) in [6.45, 7) is 6.35. The van der Waals surface area contributed by atoms with Crippen LogP contribution in [0.15, 0.2) is 0 Å². The van der Waals surface area contributed by atoms with Crippen molar-refractivity contribution in [2.45, 2.75) is 45.0 Å². The quantitative estimate of drug-likeness (QED) is 0.695. The summed E-state index contributed by atoms with van der Waals surface area (Å²) < 4.78 is 18.4. The number of alkyl halides is 1. The molecule has 0 aromatic heterocycles. The standard InChI is InChI=1S/C10H19FN2O2/c1-10(2,3)15-9(14)13-8-4-5-12-6-7(8)11/h7-8,12H,4-6H2,1-3H3,(H,13,14)/t7-,8-/m0/s1. The molecular formula is C10H19FN2O2. The van der Waals surface area contributed by atoms with Gasteiger partial charge in [0.15, 0.2) is 0 Å². The lowest BCUT2D eigenvalue weighted by atomic mass is 10.1. The second-order valence-corrected chi connectivity index (χ2v) is 4.76. The maximum absolute atomic E-state index is 13.3. The van der Waals surface area contributed by atoms with E-state index in [4.69, 9.17) is 4.74 Å². The van der Waals surface area contributed by atoms with Crippen molar-refractivity contribution in [2.75, 3.05) is 13.1 Å². The van der Waals surface area contributed by atoms with Crippen LogP contribution in [0.3, 0.4) is 0 Å². The van der Waals surface area contributed by atoms with E-state index < -0.39 is 23.9 Å². The predicted molar refractivity (Wildman–Crippen MR) is 55.5 cm³/mol. The maximum Gasteiger partial charge on any atom is 0.407 e. The smallest absolute Gasteiger partial charge is 0.407 e. The number of piperidine rings is 1. The molecule has 2 atom stereocenters. The van der Waals surface area contributed by atoms with Crippen molar-refractivity contribution in [3.8, 4) is 0 Å². The number of carbonyl (C=O) groups excluding carboxylic acids is 1. The van der Waals surface area contributed by atoms with E-state index in [0.717, 1.165) is 6.54 Å². The van der Waals surface area contributed by atoms with Gasteiger partial charge in [-0.05, 0) is 33.7 Å². The molecule has 5 heteroatoms. The number of hydrogen-bond donors (Lipinski definition) is 2. The Labute approximate surface area is 89.6 Å². The van der Waals surface area contributed by atoms with Gasteiger partial charge in [-0.2, -0.15) is 0 Å². The predicted octanol–water partition coefficient (Wildman–Crippen LogP) is 1.21. The van der Waals surface area contributed by atoms with Crippen LogP contribution in [0, 0.1) is 0 Å². The first-order valence-corrected chi connectivity index (χ1v) is 5.23. The first-order valence-electron chi connectivity index (χ1n) is 5.23. The Bertz CT molecular complexity index is 228. The minimum atomic E-state index is -1.04. The van der Waals surface area contributed by atoms with Crippen molar-refractivity contribution < 1.29 is 13.9 Å². The number of hydrogen-bond acceptors (Lipinski definition) is 3. The summed E-state index contributed by atoms with van der Waals surface area (Å²) in [5, 5.41) is 5.47. The van der Waals surface area contributed by atoms with Gasteiger partial charge in [0, 0.05) is 6.54 Å². The number of rotatable bonds is 1. The molecule has 88 valence electrons. The normalized spacial score (nSPS) is 27.2. The lowest BCUT2D eigenvalue weighted by Crippen LogP contribution is -2.51. The summed E-state index contributed by atoms with van der Waals surface area (Å²) in [5.41, 5.74) is -0.539. The largest absolute Gasteiger partial charge is 0.444 e. The summed E-state index contributed by atoms with van der Waals surface area (Å²) in [5.74, 6) is 0. The van der Waals surface area contributed by atoms with Crippen molar-refractivity contribution in [1.29, 1.82) is 0 Å². The molecule has 0 aromatic rings. The lowest BCUT2D eigenvalue weighted by molar-refractivity contribution is 0.0458. The van der Waals surface area contributed by atoms with Crippen LogP contribution in [0.25, 0.3) is 0 Å². The van der Waals surface area contributed by atoms with Gasteiger partial charge in [0.2, 0.25) is 0 Å². The van der Waals surface area contributed by atoms with Crippen molar-refractivity contribution >= 4 is 6.09 Å². The van der Waals surface area contributed by atoms with Gasteiger partial charge < -0.3 is 15.4 Å². The zero-order valence-corrected chi connectivity index (χ0v) is 9.47. The van der Waals surface area contributed by atoms with E-state index in [0.29, 0.717) is 13.0 Å². The van der Waals surface area contributed by atoms with Crippen molar-refractivity contribution in [2.24, 2.45) is 0 Å². The monoisotopic (exact) mass is 218 g/mol. The fraction of sp³-hybridized carbons (Fsp3) is 0.900. The average Bonchev–Trinajstić information content (AvgIpc) is 2.05. The van der Waals surface area contributed by atoms with Gasteiger partial charge in [-0.3, -0.25) is 0 Å². The van der Waals surface area contributed by atoms with Gasteiger partial charge in [0.25, 0.3) is 0 Å². The topological polar surface area (TPSA) is 50.4 Å². The number of ether oxygens (including phenoxy) is 1. The molecule has 0 saturated carbocycles. The summed E-state index contributed by atoms with van der Waals surface area (Å²) in [6, 6.07) is -0.430. The Morgan fingerprint density at radius 1 is 1.53 bits per heavy atom. The first-order chi connectivity index (χ1) is 6.88. The summed E-state index contributed by atoms with van der Waals surface area (Å²) >= 11 is 0. The Balaban J connectivity index is 2.36. The molecule has 1 rings (SSSR count). The van der Waals surface area contributed by atoms with Crippen molar-refractivity contribution in [3.63, 3.8) is 0 Å². The Morgan fingerprint density at radius 3 is 2.73 bits per heavy atom. The maximum atomic E-state index is 13.3. The molecule has 1 heterocycles. The van der Waals surface area contributed by atoms with Crippen LogP contribution in [-0.4, -0.2) is 37.0 Å². The van der Waals surface area contributed by atoms with Crippen LogP contribution in [0.1, 0.15) is 27.2 Å². The fourth-order valence-electron chi connectivity index (χ4n) is 1.44. The molecule has 1 amide bonds. The number of carbonyl (C=O) groups is 1. The minimum absolute atomic E-state index is 0.292. The van der Waals surface area contributed by atoms with Gasteiger partial charge >= 0.3 is 6.09 Å². The molecule has 4 nitrogen and oxygen atoms in total. The molecule has 1 aliphatic heterocycles. The molecule has 1 aliphatic rings. The number of amides is 1. The third-order valence-electron chi connectivity index (χ3n) is 2.11. The highest BCUT2D eigenvalue weighted by molar-refractivity contribution is 5.68. The van der Waals surface area contributed by atoms with Gasteiger partial charge in [-0.25, -0.2) is 9.18 Å². The number of halogens is 1. The van der Waals surface area contributed by atoms with E-state index in [1.165, 1.54) is 0 Å². The van der Waals surface area contributed by atoms with E-state index >= 15 is 0 Å². The second kappa shape index (κ2) is 4.79. The van der Waals surface area contributed by atoms with Crippen LogP contribution in [0.5, 0.6) is 0 Å². The third kappa shape index (κ3) is 4.46. The fourth-order valence-corrected chi connectivity index (χ4v) is 1.44. The minimum Gasteiger partial charge on any atom is -0.444 e. The third-order valence-corrected chi connectivity index (χ3v) is 2.11. The van der Waals surface area contributed by atoms with E-state index in [1.807, 2.05) is 0 Å². The number of alkyl carbamates (subject to hydrolysis) is 1. The molecule has 1 fully saturated rings. The zero-order valence-electron chi connectivity index (χ0n) is 9.47. The molecule has 0 aliphatic carbocycles. The summed E-state index contributed by atoms with van der Waals surface area (Å²) in [4.78, 5) is 11.4. The molecule has 2 N–H and O–H groups in total. The highest BCUT2D eigenvalue weighted by Gasteiger charge is 2.27. The highest BCUT2D eigenvalue weighted by Crippen LogP contribution is 2.10. The molecular weight excluding hydrogens is 199 g/mol. The van der Waals surface area contributed by atoms with E-state index in [9.17, 15) is 9.18 Å². The van der Waals surface area contributed by atoms with Gasteiger partial charge in [0.1, 0.15) is 11.8 Å². The van der Waals surface area contributed by atoms with E-state index in [-0.39, 0.29) is 0 Å². The zero-order chi connectivity index (χ0) is 11.5.